The molecule has 3 rings (SSSR count). The van der Waals surface area contributed by atoms with E-state index in [1.54, 1.807) is 24.3 Å². The van der Waals surface area contributed by atoms with Gasteiger partial charge in [0, 0.05) is 23.3 Å². The fourth-order valence-electron chi connectivity index (χ4n) is 3.09. The first-order valence-corrected chi connectivity index (χ1v) is 9.98. The number of esters is 1. The predicted octanol–water partition coefficient (Wildman–Crippen LogP) is 0.642. The molecule has 2 aliphatic rings. The van der Waals surface area contributed by atoms with Crippen molar-refractivity contribution in [2.75, 3.05) is 12.4 Å². The van der Waals surface area contributed by atoms with Crippen molar-refractivity contribution in [3.8, 4) is 0 Å². The summed E-state index contributed by atoms with van der Waals surface area (Å²) in [5, 5.41) is 11.8. The van der Waals surface area contributed by atoms with Crippen molar-refractivity contribution < 1.29 is 29.0 Å². The van der Waals surface area contributed by atoms with Gasteiger partial charge < -0.3 is 20.9 Å². The first-order valence-electron chi connectivity index (χ1n) is 8.56. The topological polar surface area (TPSA) is 139 Å². The molecule has 29 heavy (non-hydrogen) atoms. The van der Waals surface area contributed by atoms with Gasteiger partial charge in [-0.1, -0.05) is 29.8 Å². The van der Waals surface area contributed by atoms with Crippen molar-refractivity contribution in [3.63, 3.8) is 0 Å². The van der Waals surface area contributed by atoms with Crippen molar-refractivity contribution in [3.05, 3.63) is 46.1 Å². The van der Waals surface area contributed by atoms with E-state index in [2.05, 4.69) is 5.32 Å². The zero-order valence-corrected chi connectivity index (χ0v) is 16.8. The maximum absolute atomic E-state index is 12.6. The number of rotatable bonds is 6. The lowest BCUT2D eigenvalue weighted by atomic mass is 10.0. The van der Waals surface area contributed by atoms with Crippen LogP contribution in [-0.2, 0) is 23.9 Å². The van der Waals surface area contributed by atoms with Gasteiger partial charge in [-0.05, 0) is 11.6 Å². The highest BCUT2D eigenvalue weighted by Crippen LogP contribution is 2.40. The van der Waals surface area contributed by atoms with Crippen molar-refractivity contribution >= 4 is 47.1 Å². The Kier molecular flexibility index (Phi) is 6.15. The van der Waals surface area contributed by atoms with Crippen LogP contribution in [0.4, 0.5) is 0 Å². The van der Waals surface area contributed by atoms with Gasteiger partial charge in [-0.25, -0.2) is 4.79 Å². The maximum Gasteiger partial charge on any atom is 0.352 e. The number of carboxylic acid groups (broad SMARTS) is 1. The molecule has 4 N–H and O–H groups in total. The highest BCUT2D eigenvalue weighted by Gasteiger charge is 2.54. The van der Waals surface area contributed by atoms with Crippen LogP contribution in [0.25, 0.3) is 0 Å². The van der Waals surface area contributed by atoms with Gasteiger partial charge in [0.2, 0.25) is 5.91 Å². The quantitative estimate of drug-likeness (QED) is 0.433. The Morgan fingerprint density at radius 1 is 1.41 bits per heavy atom. The molecule has 1 aromatic rings. The second kappa shape index (κ2) is 8.44. The lowest BCUT2D eigenvalue weighted by Crippen LogP contribution is -2.71. The van der Waals surface area contributed by atoms with E-state index in [0.717, 1.165) is 4.90 Å². The number of nitrogens with zero attached hydrogens (tertiary/aromatic N) is 1. The fourth-order valence-corrected chi connectivity index (χ4v) is 4.68. The summed E-state index contributed by atoms with van der Waals surface area (Å²) in [6, 6.07) is 4.62. The van der Waals surface area contributed by atoms with Gasteiger partial charge in [0.25, 0.3) is 5.91 Å². The molecule has 11 heteroatoms. The fraction of sp³-hybridized carbons (Fsp3) is 0.333. The number of carboxylic acids is 1. The number of hydrogen-bond acceptors (Lipinski definition) is 7. The number of ether oxygens (including phenoxy) is 1. The average molecular weight is 440 g/mol. The normalized spacial score (nSPS) is 21.8. The van der Waals surface area contributed by atoms with E-state index in [4.69, 9.17) is 22.1 Å². The van der Waals surface area contributed by atoms with Crippen LogP contribution >= 0.6 is 23.4 Å². The van der Waals surface area contributed by atoms with Gasteiger partial charge in [0.05, 0.1) is 0 Å². The van der Waals surface area contributed by atoms with Crippen LogP contribution in [0, 0.1) is 0 Å². The van der Waals surface area contributed by atoms with Crippen LogP contribution < -0.4 is 11.1 Å². The molecular weight excluding hydrogens is 422 g/mol. The standard InChI is InChI=1S/C18H18ClN3O6S/c1-8(23)28-6-9-7-29-17-13(16(25)22(17)14(9)18(26)27)21-15(24)12(20)10-4-2-3-5-11(10)19/h2-5,12-13,17H,6-7,20H2,1H3,(H,21,24)(H,26,27)/t12?,13-,17-/m1/s1. The number of carbonyl (C=O) groups excluding carboxylic acids is 3. The summed E-state index contributed by atoms with van der Waals surface area (Å²) in [7, 11) is 0. The largest absolute Gasteiger partial charge is 0.477 e. The Bertz CT molecular complexity index is 921. The number of carbonyl (C=O) groups is 4. The van der Waals surface area contributed by atoms with Crippen LogP contribution in [0.2, 0.25) is 5.02 Å². The molecule has 154 valence electrons. The molecule has 1 fully saturated rings. The van der Waals surface area contributed by atoms with Gasteiger partial charge in [-0.2, -0.15) is 0 Å². The lowest BCUT2D eigenvalue weighted by molar-refractivity contribution is -0.151. The Morgan fingerprint density at radius 2 is 2.10 bits per heavy atom. The molecule has 1 aromatic carbocycles. The number of fused-ring (bicyclic) bond motifs is 1. The van der Waals surface area contributed by atoms with E-state index in [1.807, 2.05) is 0 Å². The summed E-state index contributed by atoms with van der Waals surface area (Å²) in [4.78, 5) is 48.9. The maximum atomic E-state index is 12.6. The smallest absolute Gasteiger partial charge is 0.352 e. The summed E-state index contributed by atoms with van der Waals surface area (Å²) in [5.74, 6) is -2.78. The molecule has 3 atom stereocenters. The number of benzene rings is 1. The van der Waals surface area contributed by atoms with Crippen molar-refractivity contribution in [2.45, 2.75) is 24.4 Å². The Balaban J connectivity index is 1.73. The Labute approximate surface area is 175 Å². The summed E-state index contributed by atoms with van der Waals surface area (Å²) in [6.45, 7) is 0.997. The summed E-state index contributed by atoms with van der Waals surface area (Å²) >= 11 is 7.33. The van der Waals surface area contributed by atoms with Crippen LogP contribution in [0.15, 0.2) is 35.5 Å². The summed E-state index contributed by atoms with van der Waals surface area (Å²) in [6.07, 6.45) is 0. The number of nitrogens with one attached hydrogen (secondary N) is 1. The second-order valence-electron chi connectivity index (χ2n) is 6.43. The first-order chi connectivity index (χ1) is 13.7. The number of hydrogen-bond donors (Lipinski definition) is 3. The predicted molar refractivity (Wildman–Crippen MR) is 105 cm³/mol. The van der Waals surface area contributed by atoms with Crippen LogP contribution in [0.1, 0.15) is 18.5 Å². The first kappa shape index (κ1) is 21.2. The van der Waals surface area contributed by atoms with E-state index in [-0.39, 0.29) is 18.1 Å². The molecule has 0 aromatic heterocycles. The average Bonchev–Trinajstić information content (AvgIpc) is 2.68. The Hall–Kier alpha value is -2.56. The highest BCUT2D eigenvalue weighted by molar-refractivity contribution is 8.00. The van der Waals surface area contributed by atoms with Crippen molar-refractivity contribution in [1.29, 1.82) is 0 Å². The van der Waals surface area contributed by atoms with Gasteiger partial charge >= 0.3 is 11.9 Å². The number of amides is 2. The molecule has 0 aliphatic carbocycles. The molecule has 2 heterocycles. The minimum atomic E-state index is -1.30. The van der Waals surface area contributed by atoms with E-state index in [0.29, 0.717) is 16.2 Å². The monoisotopic (exact) mass is 439 g/mol. The van der Waals surface area contributed by atoms with Gasteiger partial charge in [0.1, 0.15) is 29.8 Å². The van der Waals surface area contributed by atoms with E-state index >= 15 is 0 Å². The van der Waals surface area contributed by atoms with Crippen LogP contribution in [0.3, 0.4) is 0 Å². The zero-order valence-electron chi connectivity index (χ0n) is 15.3. The van der Waals surface area contributed by atoms with Gasteiger partial charge in [0.15, 0.2) is 0 Å². The number of aliphatic carboxylic acids is 1. The van der Waals surface area contributed by atoms with E-state index < -0.39 is 41.2 Å². The van der Waals surface area contributed by atoms with Crippen molar-refractivity contribution in [2.24, 2.45) is 5.73 Å². The molecule has 0 saturated carbocycles. The molecule has 0 bridgehead atoms. The number of thioether (sulfide) groups is 1. The van der Waals surface area contributed by atoms with Crippen molar-refractivity contribution in [1.82, 2.24) is 10.2 Å². The Morgan fingerprint density at radius 3 is 2.72 bits per heavy atom. The number of nitrogens with two attached hydrogens (primary N) is 1. The molecular formula is C18H18ClN3O6S. The van der Waals surface area contributed by atoms with Gasteiger partial charge in [-0.3, -0.25) is 19.3 Å². The van der Waals surface area contributed by atoms with Crippen LogP contribution in [0.5, 0.6) is 0 Å². The lowest BCUT2D eigenvalue weighted by Gasteiger charge is -2.49. The van der Waals surface area contributed by atoms with Crippen LogP contribution in [-0.4, -0.2) is 57.5 Å². The SMILES string of the molecule is CC(=O)OCC1=C(C(=O)O)N2C(=O)[C@@H](NC(=O)C(N)c3ccccc3Cl)[C@H]2SC1. The molecule has 0 spiro atoms. The molecule has 0 radical (unpaired) electrons. The van der Waals surface area contributed by atoms with Gasteiger partial charge in [-0.15, -0.1) is 11.8 Å². The molecule has 2 amide bonds. The molecule has 9 nitrogen and oxygen atoms in total. The molecule has 1 unspecified atom stereocenters. The summed E-state index contributed by atoms with van der Waals surface area (Å²) < 4.78 is 4.88. The molecule has 2 aliphatic heterocycles. The zero-order chi connectivity index (χ0) is 21.3. The number of β-lactam (4-membered cyclic amide) rings is 1. The third-order valence-electron chi connectivity index (χ3n) is 4.52. The summed E-state index contributed by atoms with van der Waals surface area (Å²) in [5.41, 5.74) is 6.48. The minimum absolute atomic E-state index is 0.213. The van der Waals surface area contributed by atoms with E-state index in [9.17, 15) is 24.3 Å². The minimum Gasteiger partial charge on any atom is -0.477 e. The van der Waals surface area contributed by atoms with E-state index in [1.165, 1.54) is 18.7 Å². The second-order valence-corrected chi connectivity index (χ2v) is 7.95. The molecule has 1 saturated heterocycles. The highest BCUT2D eigenvalue weighted by atomic mass is 35.5. The third kappa shape index (κ3) is 4.09. The number of halogens is 1. The third-order valence-corrected chi connectivity index (χ3v) is 6.20.